The molecule has 1 atom stereocenters. The number of methoxy groups -OCH3 is 1. The van der Waals surface area contributed by atoms with Crippen molar-refractivity contribution in [1.29, 1.82) is 0 Å². The quantitative estimate of drug-likeness (QED) is 0.447. The summed E-state index contributed by atoms with van der Waals surface area (Å²) in [6, 6.07) is 6.25. The number of amides is 3. The SMILES string of the molecule is COCCOC(=O)C1=C(C)N(C)C(=O)NC1c1ccc(NC(=O)CCC2CCCC2)cc1. The Morgan fingerprint density at radius 1 is 1.16 bits per heavy atom. The molecule has 1 aromatic rings. The maximum atomic E-state index is 12.7. The highest BCUT2D eigenvalue weighted by Crippen LogP contribution is 2.31. The average Bonchev–Trinajstić information content (AvgIpc) is 3.30. The number of nitrogens with one attached hydrogen (secondary N) is 2. The number of esters is 1. The van der Waals surface area contributed by atoms with Crippen molar-refractivity contribution in [2.24, 2.45) is 5.92 Å². The molecule has 1 saturated carbocycles. The zero-order valence-corrected chi connectivity index (χ0v) is 19.1. The number of allylic oxidation sites excluding steroid dienone is 1. The molecular weight excluding hydrogens is 410 g/mol. The lowest BCUT2D eigenvalue weighted by Crippen LogP contribution is -2.46. The minimum Gasteiger partial charge on any atom is -0.460 e. The van der Waals surface area contributed by atoms with Crippen molar-refractivity contribution < 1.29 is 23.9 Å². The van der Waals surface area contributed by atoms with Gasteiger partial charge in [-0.3, -0.25) is 4.79 Å². The highest BCUT2D eigenvalue weighted by Gasteiger charge is 2.35. The van der Waals surface area contributed by atoms with Gasteiger partial charge >= 0.3 is 12.0 Å². The van der Waals surface area contributed by atoms with Gasteiger partial charge in [-0.1, -0.05) is 37.8 Å². The van der Waals surface area contributed by atoms with Gasteiger partial charge in [-0.25, -0.2) is 9.59 Å². The Balaban J connectivity index is 1.68. The molecule has 1 aliphatic carbocycles. The number of hydrogen-bond acceptors (Lipinski definition) is 5. The second-order valence-electron chi connectivity index (χ2n) is 8.43. The Bertz CT molecular complexity index is 859. The fraction of sp³-hybridized carbons (Fsp3) is 0.542. The molecule has 174 valence electrons. The van der Waals surface area contributed by atoms with Gasteiger partial charge in [0, 0.05) is 32.0 Å². The van der Waals surface area contributed by atoms with Crippen molar-refractivity contribution >= 4 is 23.6 Å². The molecule has 1 heterocycles. The molecule has 0 aromatic heterocycles. The summed E-state index contributed by atoms with van der Waals surface area (Å²) in [6.45, 7) is 2.14. The minimum atomic E-state index is -0.638. The van der Waals surface area contributed by atoms with Crippen LogP contribution in [0.4, 0.5) is 10.5 Å². The molecule has 1 unspecified atom stereocenters. The van der Waals surface area contributed by atoms with Crippen molar-refractivity contribution in [2.75, 3.05) is 32.7 Å². The molecule has 0 radical (unpaired) electrons. The Kier molecular flexibility index (Phi) is 8.27. The lowest BCUT2D eigenvalue weighted by atomic mass is 9.95. The largest absolute Gasteiger partial charge is 0.460 e. The molecule has 3 rings (SSSR count). The van der Waals surface area contributed by atoms with Crippen molar-refractivity contribution in [1.82, 2.24) is 10.2 Å². The number of rotatable bonds is 9. The maximum Gasteiger partial charge on any atom is 0.338 e. The predicted molar refractivity (Wildman–Crippen MR) is 121 cm³/mol. The minimum absolute atomic E-state index is 0.00962. The van der Waals surface area contributed by atoms with E-state index < -0.39 is 12.0 Å². The summed E-state index contributed by atoms with van der Waals surface area (Å²) in [7, 11) is 3.14. The van der Waals surface area contributed by atoms with Crippen LogP contribution in [-0.2, 0) is 19.1 Å². The molecule has 0 spiro atoms. The molecule has 8 heteroatoms. The highest BCUT2D eigenvalue weighted by molar-refractivity contribution is 5.95. The van der Waals surface area contributed by atoms with Crippen LogP contribution >= 0.6 is 0 Å². The van der Waals surface area contributed by atoms with Gasteiger partial charge < -0.3 is 25.0 Å². The fourth-order valence-corrected chi connectivity index (χ4v) is 4.26. The molecule has 1 fully saturated rings. The van der Waals surface area contributed by atoms with E-state index in [0.29, 0.717) is 35.9 Å². The Labute approximate surface area is 189 Å². The van der Waals surface area contributed by atoms with Crippen LogP contribution in [0.3, 0.4) is 0 Å². The number of carbonyl (C=O) groups is 3. The average molecular weight is 444 g/mol. The van der Waals surface area contributed by atoms with Crippen LogP contribution in [0.5, 0.6) is 0 Å². The van der Waals surface area contributed by atoms with E-state index in [2.05, 4.69) is 10.6 Å². The van der Waals surface area contributed by atoms with Gasteiger partial charge in [0.25, 0.3) is 0 Å². The van der Waals surface area contributed by atoms with E-state index in [1.807, 2.05) is 0 Å². The third kappa shape index (κ3) is 5.88. The summed E-state index contributed by atoms with van der Waals surface area (Å²) in [5.41, 5.74) is 2.32. The summed E-state index contributed by atoms with van der Waals surface area (Å²) in [5.74, 6) is 0.185. The van der Waals surface area contributed by atoms with E-state index in [9.17, 15) is 14.4 Å². The van der Waals surface area contributed by atoms with Crippen molar-refractivity contribution in [3.63, 3.8) is 0 Å². The van der Waals surface area contributed by atoms with E-state index in [4.69, 9.17) is 9.47 Å². The lowest BCUT2D eigenvalue weighted by Gasteiger charge is -2.33. The van der Waals surface area contributed by atoms with E-state index in [0.717, 1.165) is 12.0 Å². The number of carbonyl (C=O) groups excluding carboxylic acids is 3. The molecule has 3 amide bonds. The molecule has 8 nitrogen and oxygen atoms in total. The van der Waals surface area contributed by atoms with Gasteiger partial charge in [-0.05, 0) is 37.0 Å². The molecular formula is C24H33N3O5. The van der Waals surface area contributed by atoms with Gasteiger partial charge in [0.15, 0.2) is 0 Å². The Morgan fingerprint density at radius 2 is 1.84 bits per heavy atom. The molecule has 2 N–H and O–H groups in total. The van der Waals surface area contributed by atoms with Crippen molar-refractivity contribution in [3.8, 4) is 0 Å². The standard InChI is InChI=1S/C24H33N3O5/c1-16-21(23(29)32-15-14-31-3)22(26-24(30)27(16)2)18-9-11-19(12-10-18)25-20(28)13-8-17-6-4-5-7-17/h9-12,17,22H,4-8,13-15H2,1-3H3,(H,25,28)(H,26,30). The summed E-state index contributed by atoms with van der Waals surface area (Å²) in [4.78, 5) is 38.8. The van der Waals surface area contributed by atoms with Crippen LogP contribution < -0.4 is 10.6 Å². The summed E-state index contributed by atoms with van der Waals surface area (Å²) in [6.07, 6.45) is 6.47. The highest BCUT2D eigenvalue weighted by atomic mass is 16.6. The van der Waals surface area contributed by atoms with Gasteiger partial charge in [-0.15, -0.1) is 0 Å². The first-order chi connectivity index (χ1) is 15.4. The van der Waals surface area contributed by atoms with Gasteiger partial charge in [-0.2, -0.15) is 0 Å². The molecule has 1 aromatic carbocycles. The number of benzene rings is 1. The molecule has 2 aliphatic rings. The molecule has 0 saturated heterocycles. The monoisotopic (exact) mass is 443 g/mol. The summed E-state index contributed by atoms with van der Waals surface area (Å²) < 4.78 is 10.3. The molecule has 32 heavy (non-hydrogen) atoms. The molecule has 0 bridgehead atoms. The van der Waals surface area contributed by atoms with Crippen LogP contribution in [0.1, 0.15) is 57.1 Å². The van der Waals surface area contributed by atoms with Gasteiger partial charge in [0.2, 0.25) is 5.91 Å². The summed E-state index contributed by atoms with van der Waals surface area (Å²) >= 11 is 0. The normalized spacial score (nSPS) is 19.2. The first kappa shape index (κ1) is 23.8. The smallest absolute Gasteiger partial charge is 0.338 e. The van der Waals surface area contributed by atoms with Crippen LogP contribution in [0.15, 0.2) is 35.5 Å². The lowest BCUT2D eigenvalue weighted by molar-refractivity contribution is -0.140. The van der Waals surface area contributed by atoms with Gasteiger partial charge in [0.05, 0.1) is 18.2 Å². The second kappa shape index (κ2) is 11.1. The number of ether oxygens (including phenoxy) is 2. The third-order valence-electron chi connectivity index (χ3n) is 6.28. The first-order valence-electron chi connectivity index (χ1n) is 11.2. The number of nitrogens with zero attached hydrogens (tertiary/aromatic N) is 1. The van der Waals surface area contributed by atoms with Crippen LogP contribution in [-0.4, -0.2) is 50.2 Å². The number of urea groups is 1. The number of anilines is 1. The zero-order chi connectivity index (χ0) is 23.1. The van der Waals surface area contributed by atoms with Crippen molar-refractivity contribution in [3.05, 3.63) is 41.1 Å². The molecule has 1 aliphatic heterocycles. The summed E-state index contributed by atoms with van der Waals surface area (Å²) in [5, 5.41) is 5.79. The third-order valence-corrected chi connectivity index (χ3v) is 6.28. The zero-order valence-electron chi connectivity index (χ0n) is 19.1. The first-order valence-corrected chi connectivity index (χ1v) is 11.2. The van der Waals surface area contributed by atoms with Crippen LogP contribution in [0.2, 0.25) is 0 Å². The topological polar surface area (TPSA) is 97.0 Å². The van der Waals surface area contributed by atoms with E-state index in [-0.39, 0.29) is 18.5 Å². The Morgan fingerprint density at radius 3 is 2.50 bits per heavy atom. The van der Waals surface area contributed by atoms with E-state index in [1.54, 1.807) is 38.2 Å². The van der Waals surface area contributed by atoms with Crippen LogP contribution in [0.25, 0.3) is 0 Å². The van der Waals surface area contributed by atoms with Gasteiger partial charge in [0.1, 0.15) is 6.61 Å². The van der Waals surface area contributed by atoms with E-state index in [1.165, 1.54) is 37.7 Å². The van der Waals surface area contributed by atoms with Crippen LogP contribution in [0, 0.1) is 5.92 Å². The predicted octanol–water partition coefficient (Wildman–Crippen LogP) is 3.76. The maximum absolute atomic E-state index is 12.7. The Hall–Kier alpha value is -2.87. The fourth-order valence-electron chi connectivity index (χ4n) is 4.26. The van der Waals surface area contributed by atoms with E-state index >= 15 is 0 Å². The number of hydrogen-bond donors (Lipinski definition) is 2. The second-order valence-corrected chi connectivity index (χ2v) is 8.43. The van der Waals surface area contributed by atoms with Crippen molar-refractivity contribution in [2.45, 2.75) is 51.5 Å².